The summed E-state index contributed by atoms with van der Waals surface area (Å²) in [5.74, 6) is -0.915. The SMILES string of the molecule is COc1ccc(Br)cc1C1C2C(=O)N(c3cccc(Cl)c3)C(=O)C2ON1c1ccccc1. The Morgan fingerprint density at radius 3 is 2.41 bits per heavy atom. The van der Waals surface area contributed by atoms with Crippen LogP contribution in [0.15, 0.2) is 77.3 Å². The second-order valence-electron chi connectivity index (χ2n) is 7.54. The number of rotatable bonds is 4. The number of nitrogens with zero attached hydrogens (tertiary/aromatic N) is 2. The number of imide groups is 1. The Bertz CT molecular complexity index is 1210. The first kappa shape index (κ1) is 21.0. The van der Waals surface area contributed by atoms with Crippen molar-refractivity contribution in [2.45, 2.75) is 12.1 Å². The minimum absolute atomic E-state index is 0.340. The maximum Gasteiger partial charge on any atom is 0.266 e. The highest BCUT2D eigenvalue weighted by atomic mass is 79.9. The molecule has 2 saturated heterocycles. The lowest BCUT2D eigenvalue weighted by atomic mass is 9.90. The highest BCUT2D eigenvalue weighted by Crippen LogP contribution is 2.50. The number of halogens is 2. The number of fused-ring (bicyclic) bond motifs is 1. The summed E-state index contributed by atoms with van der Waals surface area (Å²) in [7, 11) is 1.58. The molecule has 0 aliphatic carbocycles. The van der Waals surface area contributed by atoms with E-state index in [0.29, 0.717) is 16.5 Å². The highest BCUT2D eigenvalue weighted by molar-refractivity contribution is 9.10. The summed E-state index contributed by atoms with van der Waals surface area (Å²) in [6, 6.07) is 21.1. The van der Waals surface area contributed by atoms with Gasteiger partial charge in [-0.25, -0.2) is 9.96 Å². The number of hydrogen-bond acceptors (Lipinski definition) is 5. The number of carbonyl (C=O) groups excluding carboxylic acids is 2. The molecule has 3 aromatic rings. The maximum absolute atomic E-state index is 13.7. The number of para-hydroxylation sites is 1. The average molecular weight is 514 g/mol. The monoisotopic (exact) mass is 512 g/mol. The van der Waals surface area contributed by atoms with Crippen LogP contribution in [-0.4, -0.2) is 25.0 Å². The second-order valence-corrected chi connectivity index (χ2v) is 8.89. The van der Waals surface area contributed by atoms with Crippen molar-refractivity contribution in [2.24, 2.45) is 5.92 Å². The molecule has 2 aliphatic rings. The van der Waals surface area contributed by atoms with Gasteiger partial charge in [-0.2, -0.15) is 0 Å². The van der Waals surface area contributed by atoms with Crippen molar-refractivity contribution in [3.05, 3.63) is 87.9 Å². The molecule has 32 heavy (non-hydrogen) atoms. The molecule has 8 heteroatoms. The summed E-state index contributed by atoms with van der Waals surface area (Å²) in [6.45, 7) is 0. The molecule has 0 aromatic heterocycles. The Hall–Kier alpha value is -2.87. The van der Waals surface area contributed by atoms with Crippen molar-refractivity contribution in [3.63, 3.8) is 0 Å². The van der Waals surface area contributed by atoms with Crippen LogP contribution in [0.1, 0.15) is 11.6 Å². The Balaban J connectivity index is 1.64. The molecule has 2 aliphatic heterocycles. The van der Waals surface area contributed by atoms with Crippen LogP contribution < -0.4 is 14.7 Å². The number of ether oxygens (including phenoxy) is 1. The van der Waals surface area contributed by atoms with Gasteiger partial charge in [-0.3, -0.25) is 14.4 Å². The zero-order chi connectivity index (χ0) is 22.4. The molecule has 3 unspecified atom stereocenters. The van der Waals surface area contributed by atoms with E-state index in [4.69, 9.17) is 21.2 Å². The first-order chi connectivity index (χ1) is 15.5. The van der Waals surface area contributed by atoms with Gasteiger partial charge in [0.15, 0.2) is 6.10 Å². The fraction of sp³-hybridized carbons (Fsp3) is 0.167. The van der Waals surface area contributed by atoms with E-state index in [1.165, 1.54) is 4.90 Å². The number of carbonyl (C=O) groups is 2. The Labute approximate surface area is 198 Å². The molecule has 0 N–H and O–H groups in total. The van der Waals surface area contributed by atoms with Crippen molar-refractivity contribution < 1.29 is 19.2 Å². The van der Waals surface area contributed by atoms with E-state index in [2.05, 4.69) is 15.9 Å². The third-order valence-electron chi connectivity index (χ3n) is 5.70. The van der Waals surface area contributed by atoms with Gasteiger partial charge in [-0.1, -0.05) is 51.8 Å². The molecule has 6 nitrogen and oxygen atoms in total. The molecule has 0 radical (unpaired) electrons. The van der Waals surface area contributed by atoms with Crippen molar-refractivity contribution in [1.29, 1.82) is 0 Å². The van der Waals surface area contributed by atoms with Crippen LogP contribution in [0.4, 0.5) is 11.4 Å². The van der Waals surface area contributed by atoms with Crippen molar-refractivity contribution in [1.82, 2.24) is 0 Å². The van der Waals surface area contributed by atoms with Gasteiger partial charge >= 0.3 is 0 Å². The fourth-order valence-electron chi connectivity index (χ4n) is 4.34. The van der Waals surface area contributed by atoms with E-state index in [1.807, 2.05) is 48.5 Å². The molecular weight excluding hydrogens is 496 g/mol. The molecule has 2 amide bonds. The average Bonchev–Trinajstić information content (AvgIpc) is 3.30. The quantitative estimate of drug-likeness (QED) is 0.451. The zero-order valence-corrected chi connectivity index (χ0v) is 19.3. The van der Waals surface area contributed by atoms with Crippen LogP contribution in [0.25, 0.3) is 0 Å². The summed E-state index contributed by atoms with van der Waals surface area (Å²) in [4.78, 5) is 34.3. The molecule has 3 atom stereocenters. The molecule has 0 bridgehead atoms. The Morgan fingerprint density at radius 1 is 0.938 bits per heavy atom. The van der Waals surface area contributed by atoms with Gasteiger partial charge in [0.1, 0.15) is 11.7 Å². The number of anilines is 2. The molecule has 162 valence electrons. The van der Waals surface area contributed by atoms with Crippen molar-refractivity contribution in [3.8, 4) is 5.75 Å². The Morgan fingerprint density at radius 2 is 1.69 bits per heavy atom. The highest BCUT2D eigenvalue weighted by Gasteiger charge is 2.60. The number of hydrogen-bond donors (Lipinski definition) is 0. The van der Waals surface area contributed by atoms with Gasteiger partial charge in [-0.15, -0.1) is 0 Å². The lowest BCUT2D eigenvalue weighted by molar-refractivity contribution is -0.126. The van der Waals surface area contributed by atoms with Crippen molar-refractivity contribution >= 4 is 50.7 Å². The van der Waals surface area contributed by atoms with E-state index in [9.17, 15) is 9.59 Å². The molecule has 0 spiro atoms. The lowest BCUT2D eigenvalue weighted by Gasteiger charge is -2.29. The molecule has 3 aromatic carbocycles. The third-order valence-corrected chi connectivity index (χ3v) is 6.43. The van der Waals surface area contributed by atoms with Crippen LogP contribution in [-0.2, 0) is 14.4 Å². The largest absolute Gasteiger partial charge is 0.496 e. The summed E-state index contributed by atoms with van der Waals surface area (Å²) in [5, 5.41) is 2.09. The van der Waals surface area contributed by atoms with Gasteiger partial charge in [0, 0.05) is 15.1 Å². The minimum atomic E-state index is -0.963. The standard InChI is InChI=1S/C24H18BrClN2O4/c1-31-19-11-10-14(25)12-18(19)21-20-22(32-28(21)16-7-3-2-4-8-16)24(30)27(23(20)29)17-9-5-6-15(26)13-17/h2-13,20-22H,1H3. The summed E-state index contributed by atoms with van der Waals surface area (Å²) in [6.07, 6.45) is -0.963. The number of hydroxylamine groups is 1. The normalized spacial score (nSPS) is 22.4. The van der Waals surface area contributed by atoms with Gasteiger partial charge in [0.05, 0.1) is 24.5 Å². The molecule has 5 rings (SSSR count). The van der Waals surface area contributed by atoms with Crippen LogP contribution in [0, 0.1) is 5.92 Å². The first-order valence-electron chi connectivity index (χ1n) is 9.97. The molecular formula is C24H18BrClN2O4. The van der Waals surface area contributed by atoms with Gasteiger partial charge in [0.25, 0.3) is 5.91 Å². The molecule has 2 fully saturated rings. The first-order valence-corrected chi connectivity index (χ1v) is 11.1. The van der Waals surface area contributed by atoms with Crippen LogP contribution in [0.2, 0.25) is 5.02 Å². The zero-order valence-electron chi connectivity index (χ0n) is 16.9. The topological polar surface area (TPSA) is 59.1 Å². The van der Waals surface area contributed by atoms with Crippen LogP contribution in [0.3, 0.4) is 0 Å². The third kappa shape index (κ3) is 3.37. The molecule has 0 saturated carbocycles. The maximum atomic E-state index is 13.7. The Kier molecular flexibility index (Phi) is 5.41. The van der Waals surface area contributed by atoms with E-state index >= 15 is 0 Å². The smallest absolute Gasteiger partial charge is 0.266 e. The van der Waals surface area contributed by atoms with Crippen molar-refractivity contribution in [2.75, 3.05) is 17.1 Å². The second kappa shape index (κ2) is 8.24. The van der Waals surface area contributed by atoms with Crippen LogP contribution >= 0.6 is 27.5 Å². The fourth-order valence-corrected chi connectivity index (χ4v) is 4.90. The number of methoxy groups -OCH3 is 1. The van der Waals surface area contributed by atoms with E-state index in [-0.39, 0.29) is 5.91 Å². The summed E-state index contributed by atoms with van der Waals surface area (Å²) >= 11 is 9.63. The lowest BCUT2D eigenvalue weighted by Crippen LogP contribution is -2.37. The summed E-state index contributed by atoms with van der Waals surface area (Å²) in [5.41, 5.74) is 1.91. The minimum Gasteiger partial charge on any atom is -0.496 e. The summed E-state index contributed by atoms with van der Waals surface area (Å²) < 4.78 is 6.43. The van der Waals surface area contributed by atoms with Gasteiger partial charge in [0.2, 0.25) is 5.91 Å². The predicted molar refractivity (Wildman–Crippen MR) is 125 cm³/mol. The van der Waals surface area contributed by atoms with Crippen LogP contribution in [0.5, 0.6) is 5.75 Å². The number of benzene rings is 3. The van der Waals surface area contributed by atoms with Gasteiger partial charge < -0.3 is 4.74 Å². The molecule has 2 heterocycles. The van der Waals surface area contributed by atoms with E-state index in [1.54, 1.807) is 36.4 Å². The van der Waals surface area contributed by atoms with Gasteiger partial charge in [-0.05, 0) is 48.5 Å². The number of amides is 2. The predicted octanol–water partition coefficient (Wildman–Crippen LogP) is 5.16. The van der Waals surface area contributed by atoms with E-state index in [0.717, 1.165) is 15.7 Å². The van der Waals surface area contributed by atoms with E-state index < -0.39 is 24.0 Å².